The van der Waals surface area contributed by atoms with Crippen molar-refractivity contribution in [2.45, 2.75) is 89.8 Å². The van der Waals surface area contributed by atoms with Crippen molar-refractivity contribution in [3.8, 4) is 11.5 Å². The van der Waals surface area contributed by atoms with Crippen LogP contribution >= 0.6 is 0 Å². The fourth-order valence-electron chi connectivity index (χ4n) is 4.43. The monoisotopic (exact) mass is 518 g/mol. The van der Waals surface area contributed by atoms with Crippen molar-refractivity contribution in [2.24, 2.45) is 0 Å². The van der Waals surface area contributed by atoms with E-state index < -0.39 is 40.8 Å². The van der Waals surface area contributed by atoms with E-state index in [1.807, 2.05) is 6.92 Å². The smallest absolute Gasteiger partial charge is 0.346 e. The summed E-state index contributed by atoms with van der Waals surface area (Å²) in [6.45, 7) is 4.39. The van der Waals surface area contributed by atoms with Gasteiger partial charge >= 0.3 is 11.9 Å². The first-order chi connectivity index (χ1) is 17.8. The normalized spacial score (nSPS) is 18.4. The quantitative estimate of drug-likeness (QED) is 0.110. The lowest BCUT2D eigenvalue weighted by atomic mass is 9.93. The average Bonchev–Trinajstić information content (AvgIpc) is 3.61. The summed E-state index contributed by atoms with van der Waals surface area (Å²) >= 11 is 0. The lowest BCUT2D eigenvalue weighted by Crippen LogP contribution is -2.24. The van der Waals surface area contributed by atoms with Crippen LogP contribution in [0.4, 0.5) is 8.78 Å². The Bertz CT molecular complexity index is 1060. The van der Waals surface area contributed by atoms with Crippen molar-refractivity contribution in [1.29, 1.82) is 0 Å². The van der Waals surface area contributed by atoms with Crippen molar-refractivity contribution < 1.29 is 37.7 Å². The maximum absolute atomic E-state index is 14.6. The van der Waals surface area contributed by atoms with Gasteiger partial charge in [-0.1, -0.05) is 77.3 Å². The molecule has 1 fully saturated rings. The van der Waals surface area contributed by atoms with Crippen LogP contribution in [0.3, 0.4) is 0 Å². The molecule has 8 heteroatoms. The molecule has 0 saturated carbocycles. The summed E-state index contributed by atoms with van der Waals surface area (Å²) in [5, 5.41) is 9.63. The fourth-order valence-corrected chi connectivity index (χ4v) is 4.43. The molecule has 6 nitrogen and oxygen atoms in total. The van der Waals surface area contributed by atoms with Crippen molar-refractivity contribution in [2.75, 3.05) is 6.61 Å². The van der Waals surface area contributed by atoms with Gasteiger partial charge in [-0.3, -0.25) is 0 Å². The molecule has 0 radical (unpaired) electrons. The predicted octanol–water partition coefficient (Wildman–Crippen LogP) is 7.18. The molecule has 3 rings (SSSR count). The molecule has 0 aromatic heterocycles. The van der Waals surface area contributed by atoms with Gasteiger partial charge in [0.15, 0.2) is 11.6 Å². The molecular formula is C29H36F2O6. The zero-order chi connectivity index (χ0) is 26.8. The second-order valence-electron chi connectivity index (χ2n) is 9.41. The summed E-state index contributed by atoms with van der Waals surface area (Å²) in [6, 6.07) is 8.13. The second kappa shape index (κ2) is 13.5. The molecular weight excluding hydrogens is 482 g/mol. The van der Waals surface area contributed by atoms with E-state index in [-0.39, 0.29) is 18.1 Å². The van der Waals surface area contributed by atoms with Gasteiger partial charge in [0.2, 0.25) is 11.4 Å². The first-order valence-corrected chi connectivity index (χ1v) is 13.2. The Kier molecular flexibility index (Phi) is 10.4. The number of carboxylic acids is 1. The third-order valence-corrected chi connectivity index (χ3v) is 6.61. The van der Waals surface area contributed by atoms with Gasteiger partial charge in [-0.2, -0.15) is 4.39 Å². The van der Waals surface area contributed by atoms with Gasteiger partial charge in [0.05, 0.1) is 12.2 Å². The fraction of sp³-hybridized carbons (Fsp3) is 0.517. The predicted molar refractivity (Wildman–Crippen MR) is 135 cm³/mol. The van der Waals surface area contributed by atoms with Crippen LogP contribution in [0.25, 0.3) is 0 Å². The van der Waals surface area contributed by atoms with Gasteiger partial charge in [-0.25, -0.2) is 14.0 Å². The van der Waals surface area contributed by atoms with Crippen LogP contribution < -0.4 is 9.47 Å². The number of carboxylic acid groups (broad SMARTS) is 1. The number of rotatable bonds is 16. The van der Waals surface area contributed by atoms with Crippen LogP contribution in [-0.4, -0.2) is 29.8 Å². The van der Waals surface area contributed by atoms with Crippen molar-refractivity contribution in [3.05, 3.63) is 59.2 Å². The number of aliphatic carboxylic acids is 1. The van der Waals surface area contributed by atoms with E-state index in [2.05, 4.69) is 6.92 Å². The van der Waals surface area contributed by atoms with Gasteiger partial charge in [-0.15, -0.1) is 0 Å². The van der Waals surface area contributed by atoms with Crippen molar-refractivity contribution >= 4 is 11.9 Å². The number of hydrogen-bond acceptors (Lipinski definition) is 5. The first kappa shape index (κ1) is 28.6. The maximum Gasteiger partial charge on any atom is 0.346 e. The number of hydrogen-bond donors (Lipinski definition) is 1. The van der Waals surface area contributed by atoms with Crippen LogP contribution in [0.2, 0.25) is 0 Å². The van der Waals surface area contributed by atoms with Gasteiger partial charge in [-0.05, 0) is 42.7 Å². The van der Waals surface area contributed by atoms with Crippen molar-refractivity contribution in [1.82, 2.24) is 0 Å². The molecule has 0 spiro atoms. The Hall–Kier alpha value is -3.00. The molecule has 1 saturated heterocycles. The lowest BCUT2D eigenvalue weighted by Gasteiger charge is -2.11. The van der Waals surface area contributed by atoms with Crippen LogP contribution in [0.15, 0.2) is 36.4 Å². The van der Waals surface area contributed by atoms with Crippen LogP contribution in [0, 0.1) is 11.6 Å². The lowest BCUT2D eigenvalue weighted by molar-refractivity contribution is -0.143. The van der Waals surface area contributed by atoms with E-state index in [0.29, 0.717) is 12.0 Å². The SMILES string of the molecule is CCCCCCCCCCOc1ccc(C(=O)Oc2ccc([C@@]3(C(=O)O)O[C@@H]3CCC)cc2)c(F)c1F. The van der Waals surface area contributed by atoms with Crippen molar-refractivity contribution in [3.63, 3.8) is 0 Å². The summed E-state index contributed by atoms with van der Waals surface area (Å²) in [6.07, 6.45) is 9.83. The number of carbonyl (C=O) groups is 2. The van der Waals surface area contributed by atoms with E-state index in [4.69, 9.17) is 14.2 Å². The Labute approximate surface area is 216 Å². The van der Waals surface area contributed by atoms with Crippen LogP contribution in [0.1, 0.15) is 94.0 Å². The van der Waals surface area contributed by atoms with Gasteiger partial charge < -0.3 is 19.3 Å². The van der Waals surface area contributed by atoms with Gasteiger partial charge in [0.1, 0.15) is 11.9 Å². The Morgan fingerprint density at radius 3 is 2.16 bits per heavy atom. The molecule has 0 bridgehead atoms. The minimum Gasteiger partial charge on any atom is -0.490 e. The van der Waals surface area contributed by atoms with Gasteiger partial charge in [0.25, 0.3) is 0 Å². The minimum atomic E-state index is -1.40. The number of carbonyl (C=O) groups excluding carboxylic acids is 1. The summed E-state index contributed by atoms with van der Waals surface area (Å²) in [4.78, 5) is 24.2. The Morgan fingerprint density at radius 1 is 0.892 bits per heavy atom. The van der Waals surface area contributed by atoms with E-state index >= 15 is 0 Å². The zero-order valence-corrected chi connectivity index (χ0v) is 21.6. The Morgan fingerprint density at radius 2 is 1.54 bits per heavy atom. The van der Waals surface area contributed by atoms with Gasteiger partial charge in [0, 0.05) is 0 Å². The third-order valence-electron chi connectivity index (χ3n) is 6.61. The molecule has 0 unspecified atom stereocenters. The minimum absolute atomic E-state index is 0.0665. The van der Waals surface area contributed by atoms with E-state index in [0.717, 1.165) is 38.2 Å². The average molecular weight is 519 g/mol. The first-order valence-electron chi connectivity index (χ1n) is 13.2. The Balaban J connectivity index is 1.52. The molecule has 1 aliphatic heterocycles. The molecule has 1 N–H and O–H groups in total. The highest BCUT2D eigenvalue weighted by Crippen LogP contribution is 2.49. The molecule has 1 aliphatic rings. The number of epoxide rings is 1. The van der Waals surface area contributed by atoms with E-state index in [9.17, 15) is 23.5 Å². The number of benzene rings is 2. The summed E-state index contributed by atoms with van der Waals surface area (Å²) in [5.74, 6) is -4.91. The summed E-state index contributed by atoms with van der Waals surface area (Å²) in [5.41, 5.74) is -1.54. The summed E-state index contributed by atoms with van der Waals surface area (Å²) < 4.78 is 45.1. The van der Waals surface area contributed by atoms with E-state index in [1.165, 1.54) is 56.0 Å². The van der Waals surface area contributed by atoms with Crippen LogP contribution in [0.5, 0.6) is 11.5 Å². The second-order valence-corrected chi connectivity index (χ2v) is 9.41. The number of ether oxygens (including phenoxy) is 3. The summed E-state index contributed by atoms with van der Waals surface area (Å²) in [7, 11) is 0. The van der Waals surface area contributed by atoms with Crippen LogP contribution in [-0.2, 0) is 15.1 Å². The molecule has 1 heterocycles. The zero-order valence-electron chi connectivity index (χ0n) is 21.6. The van der Waals surface area contributed by atoms with E-state index in [1.54, 1.807) is 0 Å². The highest BCUT2D eigenvalue weighted by molar-refractivity contribution is 5.91. The standard InChI is InChI=1S/C29H36F2O6/c1-3-5-6-7-8-9-10-11-19-35-23-18-17-22(25(30)26(23)31)27(32)36-21-15-13-20(14-16-21)29(28(33)34)24(37-29)12-4-2/h13-18,24H,3-12,19H2,1-2H3,(H,33,34)/t24-,29-/m1/s1. The number of esters is 1. The number of unbranched alkanes of at least 4 members (excludes halogenated alkanes) is 7. The molecule has 2 aromatic rings. The molecule has 2 aromatic carbocycles. The molecule has 202 valence electrons. The number of halogens is 2. The largest absolute Gasteiger partial charge is 0.490 e. The highest BCUT2D eigenvalue weighted by atomic mass is 19.2. The highest BCUT2D eigenvalue weighted by Gasteiger charge is 2.63. The third kappa shape index (κ3) is 7.06. The molecule has 37 heavy (non-hydrogen) atoms. The maximum atomic E-state index is 14.6. The topological polar surface area (TPSA) is 85.4 Å². The molecule has 2 atom stereocenters. The molecule has 0 amide bonds. The molecule has 0 aliphatic carbocycles.